The van der Waals surface area contributed by atoms with E-state index in [2.05, 4.69) is 6.92 Å². The molecule has 0 aromatic carbocycles. The number of carbonyl (C=O) groups excluding carboxylic acids is 3. The normalized spacial score (nSPS) is 12.1. The molecule has 0 spiro atoms. The average Bonchev–Trinajstić information content (AvgIpc) is 2.85. The van der Waals surface area contributed by atoms with Gasteiger partial charge in [-0.05, 0) is 6.42 Å². The number of carboxylic acids is 1. The Hall–Kier alpha value is 0.240. The Morgan fingerprint density at radius 1 is 0.744 bits per heavy atom. The fourth-order valence-corrected chi connectivity index (χ4v) is 4.19. The Balaban J connectivity index is -0.00000648. The molecule has 0 saturated carbocycles. The number of rotatable bonds is 24. The van der Waals surface area contributed by atoms with Gasteiger partial charge in [-0.1, -0.05) is 84.0 Å². The minimum absolute atomic E-state index is 0. The van der Waals surface area contributed by atoms with Gasteiger partial charge in [-0.25, -0.2) is 8.42 Å². The number of carboxylic acid groups (broad SMARTS) is 1. The summed E-state index contributed by atoms with van der Waals surface area (Å²) in [5, 5.41) is 27.4. The van der Waals surface area contributed by atoms with E-state index in [0.717, 1.165) is 19.3 Å². The van der Waals surface area contributed by atoms with Gasteiger partial charge in [0, 0.05) is 6.42 Å². The summed E-state index contributed by atoms with van der Waals surface area (Å²) in [6.07, 6.45) is 14.0. The van der Waals surface area contributed by atoms with E-state index in [1.807, 2.05) is 0 Å². The predicted molar refractivity (Wildman–Crippen MR) is 132 cm³/mol. The summed E-state index contributed by atoms with van der Waals surface area (Å²) in [5.41, 5.74) is -1.57. The van der Waals surface area contributed by atoms with Gasteiger partial charge in [0.1, 0.15) is 23.3 Å². The maximum Gasteiger partial charge on any atom is 1.00 e. The molecule has 0 heterocycles. The summed E-state index contributed by atoms with van der Waals surface area (Å²) in [4.78, 5) is 34.6. The largest absolute Gasteiger partial charge is 1.00 e. The molecule has 14 heteroatoms. The molecule has 0 rings (SSSR count). The number of esters is 2. The van der Waals surface area contributed by atoms with Crippen LogP contribution in [-0.4, -0.2) is 72.8 Å². The molecule has 2 N–H and O–H groups in total. The van der Waals surface area contributed by atoms with Gasteiger partial charge in [-0.3, -0.25) is 9.59 Å². The zero-order valence-electron chi connectivity index (χ0n) is 24.0. The monoisotopic (exact) mass is 598 g/mol. The molecule has 1 unspecified atom stereocenters. The van der Waals surface area contributed by atoms with Crippen molar-refractivity contribution in [3.05, 3.63) is 0 Å². The number of carbonyl (C=O) groups is 3. The van der Waals surface area contributed by atoms with Crippen molar-refractivity contribution in [3.63, 3.8) is 0 Å². The fraction of sp³-hybridized carbons (Fsp3) is 0.880. The standard InChI is InChI=1S/C25H46O11S.2Na/c1-2-3-4-5-6-7-8-9-10-11-12-13-14-15-22(28)35-19-25(17-26,18-27)20-36-23(29)16-21(24(30)31)37(32,33)34;;/h21,26-27H,2-20H2,1H3,(H,30,31)(H,32,33,34);;/q;2*+1/p-2. The second-order valence-electron chi connectivity index (χ2n) is 9.63. The molecule has 0 aliphatic heterocycles. The maximum absolute atomic E-state index is 12.0. The number of hydrogen-bond donors (Lipinski definition) is 2. The van der Waals surface area contributed by atoms with Crippen molar-refractivity contribution >= 4 is 28.0 Å². The molecule has 0 bridgehead atoms. The molecule has 0 amide bonds. The van der Waals surface area contributed by atoms with Crippen LogP contribution in [0.4, 0.5) is 0 Å². The zero-order chi connectivity index (χ0) is 28.2. The number of aliphatic hydroxyl groups excluding tert-OH is 2. The van der Waals surface area contributed by atoms with Gasteiger partial charge in [-0.2, -0.15) is 0 Å². The quantitative estimate of drug-likeness (QED) is 0.0472. The summed E-state index contributed by atoms with van der Waals surface area (Å²) in [6.45, 7) is -0.442. The Bertz CT molecular complexity index is 759. The molecule has 0 aromatic rings. The maximum atomic E-state index is 12.0. The summed E-state index contributed by atoms with van der Waals surface area (Å²) >= 11 is 0. The Labute approximate surface area is 277 Å². The van der Waals surface area contributed by atoms with Crippen LogP contribution in [-0.2, 0) is 34.0 Å². The first-order valence-corrected chi connectivity index (χ1v) is 14.7. The summed E-state index contributed by atoms with van der Waals surface area (Å²) < 4.78 is 42.6. The third kappa shape index (κ3) is 22.5. The Morgan fingerprint density at radius 2 is 1.13 bits per heavy atom. The summed E-state index contributed by atoms with van der Waals surface area (Å²) in [7, 11) is -5.35. The van der Waals surface area contributed by atoms with Gasteiger partial charge in [-0.15, -0.1) is 0 Å². The molecule has 218 valence electrons. The zero-order valence-corrected chi connectivity index (χ0v) is 28.8. The van der Waals surface area contributed by atoms with E-state index in [9.17, 15) is 42.7 Å². The van der Waals surface area contributed by atoms with Crippen LogP contribution in [0.3, 0.4) is 0 Å². The van der Waals surface area contributed by atoms with E-state index in [0.29, 0.717) is 6.42 Å². The molecule has 0 aromatic heterocycles. The third-order valence-electron chi connectivity index (χ3n) is 6.20. The molecule has 0 aliphatic carbocycles. The topological polar surface area (TPSA) is 190 Å². The van der Waals surface area contributed by atoms with Crippen LogP contribution in [0, 0.1) is 5.41 Å². The van der Waals surface area contributed by atoms with Gasteiger partial charge in [0.2, 0.25) is 0 Å². The van der Waals surface area contributed by atoms with E-state index in [-0.39, 0.29) is 65.5 Å². The number of unbranched alkanes of at least 4 members (excludes halogenated alkanes) is 12. The molecular weight excluding hydrogens is 554 g/mol. The van der Waals surface area contributed by atoms with Gasteiger partial charge in [0.25, 0.3) is 0 Å². The molecule has 39 heavy (non-hydrogen) atoms. The second-order valence-corrected chi connectivity index (χ2v) is 11.2. The minimum Gasteiger partial charge on any atom is -0.747 e. The molecule has 0 radical (unpaired) electrons. The van der Waals surface area contributed by atoms with Crippen LogP contribution in [0.2, 0.25) is 0 Å². The van der Waals surface area contributed by atoms with Gasteiger partial charge in [0.15, 0.2) is 0 Å². The molecule has 11 nitrogen and oxygen atoms in total. The van der Waals surface area contributed by atoms with Crippen LogP contribution >= 0.6 is 0 Å². The van der Waals surface area contributed by atoms with Gasteiger partial charge < -0.3 is 34.1 Å². The van der Waals surface area contributed by atoms with E-state index < -0.39 is 71.5 Å². The molecule has 0 aliphatic rings. The minimum atomic E-state index is -5.35. The van der Waals surface area contributed by atoms with Gasteiger partial charge in [0.05, 0.1) is 36.3 Å². The van der Waals surface area contributed by atoms with Crippen molar-refractivity contribution in [3.8, 4) is 0 Å². The summed E-state index contributed by atoms with van der Waals surface area (Å²) in [6, 6.07) is 0. The average molecular weight is 599 g/mol. The van der Waals surface area contributed by atoms with Crippen molar-refractivity contribution in [1.29, 1.82) is 0 Å². The first-order valence-electron chi connectivity index (χ1n) is 13.2. The van der Waals surface area contributed by atoms with Crippen molar-refractivity contribution in [2.24, 2.45) is 5.41 Å². The van der Waals surface area contributed by atoms with Crippen LogP contribution in [0.25, 0.3) is 0 Å². The van der Waals surface area contributed by atoms with Crippen molar-refractivity contribution in [2.75, 3.05) is 26.4 Å². The van der Waals surface area contributed by atoms with Crippen LogP contribution in [0.1, 0.15) is 103 Å². The van der Waals surface area contributed by atoms with Crippen LogP contribution < -0.4 is 64.2 Å². The van der Waals surface area contributed by atoms with E-state index in [4.69, 9.17) is 9.47 Å². The first kappa shape index (κ1) is 43.7. The van der Waals surface area contributed by atoms with E-state index in [1.54, 1.807) is 0 Å². The third-order valence-corrected chi connectivity index (χ3v) is 7.25. The van der Waals surface area contributed by atoms with Gasteiger partial charge >= 0.3 is 71.1 Å². The molecule has 1 atom stereocenters. The molecule has 0 fully saturated rings. The smallest absolute Gasteiger partial charge is 0.747 e. The van der Waals surface area contributed by atoms with Crippen LogP contribution in [0.5, 0.6) is 0 Å². The van der Waals surface area contributed by atoms with Crippen molar-refractivity contribution in [1.82, 2.24) is 0 Å². The van der Waals surface area contributed by atoms with E-state index in [1.165, 1.54) is 57.8 Å². The van der Waals surface area contributed by atoms with Crippen molar-refractivity contribution in [2.45, 2.75) is 108 Å². The summed E-state index contributed by atoms with van der Waals surface area (Å²) in [5.74, 6) is -4.15. The van der Waals surface area contributed by atoms with Crippen LogP contribution in [0.15, 0.2) is 0 Å². The fourth-order valence-electron chi connectivity index (χ4n) is 3.61. The van der Waals surface area contributed by atoms with E-state index >= 15 is 0 Å². The Morgan fingerprint density at radius 3 is 1.49 bits per heavy atom. The number of ether oxygens (including phenoxy) is 2. The molecule has 0 saturated heterocycles. The second kappa shape index (κ2) is 25.9. The van der Waals surface area contributed by atoms with Crippen molar-refractivity contribution < 1.29 is 111 Å². The number of hydrogen-bond acceptors (Lipinski definition) is 11. The molecular formula is C25H44Na2O11S. The predicted octanol–water partition coefficient (Wildman–Crippen LogP) is -4.41. The Kier molecular flexibility index (Phi) is 29.0. The first-order chi connectivity index (χ1) is 17.5. The SMILES string of the molecule is CCCCCCCCCCCCCCCC(=O)OCC(CO)(CO)COC(=O)CC(C(=O)[O-])S(=O)(=O)[O-].[Na+].[Na+]. The number of aliphatic hydroxyl groups is 2. The number of aliphatic carboxylic acids is 1.